The fraction of sp³-hybridized carbons (Fsp3) is 0.200. The van der Waals surface area contributed by atoms with Crippen molar-refractivity contribution < 1.29 is 4.74 Å². The molecule has 1 N–H and O–H groups in total. The van der Waals surface area contributed by atoms with Crippen LogP contribution in [0.2, 0.25) is 0 Å². The van der Waals surface area contributed by atoms with E-state index in [9.17, 15) is 0 Å². The zero-order chi connectivity index (χ0) is 17.6. The van der Waals surface area contributed by atoms with Crippen LogP contribution in [0, 0.1) is 0 Å². The van der Waals surface area contributed by atoms with Crippen molar-refractivity contribution in [2.45, 2.75) is 25.6 Å². The number of nitrogens with zero attached hydrogens (tertiary/aromatic N) is 4. The highest BCUT2D eigenvalue weighted by Crippen LogP contribution is 2.24. The fourth-order valence-electron chi connectivity index (χ4n) is 2.94. The van der Waals surface area contributed by atoms with Gasteiger partial charge in [0.2, 0.25) is 0 Å². The number of tetrazole rings is 1. The molecular weight excluding hydrogens is 326 g/mol. The molecule has 130 valence electrons. The molecule has 0 amide bonds. The molecule has 26 heavy (non-hydrogen) atoms. The first kappa shape index (κ1) is 16.4. The fourth-order valence-corrected chi connectivity index (χ4v) is 2.94. The maximum Gasteiger partial charge on any atom is 0.148 e. The monoisotopic (exact) mass is 345 g/mol. The first-order chi connectivity index (χ1) is 12.9. The van der Waals surface area contributed by atoms with E-state index >= 15 is 0 Å². The molecular formula is C20H19N5O. The van der Waals surface area contributed by atoms with E-state index in [4.69, 9.17) is 4.74 Å². The third kappa shape index (κ3) is 3.92. The number of hydrogen-bond donors (Lipinski definition) is 1. The lowest BCUT2D eigenvalue weighted by Crippen LogP contribution is -2.07. The van der Waals surface area contributed by atoms with E-state index in [1.165, 1.54) is 0 Å². The highest BCUT2D eigenvalue weighted by Gasteiger charge is 2.14. The molecule has 6 heteroatoms. The van der Waals surface area contributed by atoms with Gasteiger partial charge in [-0.25, -0.2) is 5.10 Å². The topological polar surface area (TPSA) is 76.6 Å². The van der Waals surface area contributed by atoms with Crippen LogP contribution in [-0.4, -0.2) is 25.6 Å². The number of aryl methyl sites for hydroxylation is 1. The molecule has 1 atom stereocenters. The molecule has 0 radical (unpaired) electrons. The second-order valence-corrected chi connectivity index (χ2v) is 6.09. The summed E-state index contributed by atoms with van der Waals surface area (Å²) in [7, 11) is 0. The van der Waals surface area contributed by atoms with Gasteiger partial charge in [-0.1, -0.05) is 54.6 Å². The molecule has 1 unspecified atom stereocenters. The highest BCUT2D eigenvalue weighted by molar-refractivity contribution is 5.78. The van der Waals surface area contributed by atoms with Crippen LogP contribution < -0.4 is 0 Å². The summed E-state index contributed by atoms with van der Waals surface area (Å²) in [5.41, 5.74) is 3.05. The largest absolute Gasteiger partial charge is 0.367 e. The molecule has 2 aromatic heterocycles. The molecule has 6 nitrogen and oxygen atoms in total. The lowest BCUT2D eigenvalue weighted by molar-refractivity contribution is 0.0320. The van der Waals surface area contributed by atoms with Crippen LogP contribution in [0.5, 0.6) is 0 Å². The second kappa shape index (κ2) is 7.84. The van der Waals surface area contributed by atoms with Crippen molar-refractivity contribution in [2.75, 3.05) is 0 Å². The minimum atomic E-state index is -0.0467. The van der Waals surface area contributed by atoms with E-state index < -0.39 is 0 Å². The van der Waals surface area contributed by atoms with Crippen molar-refractivity contribution in [1.82, 2.24) is 25.6 Å². The molecule has 0 saturated carbocycles. The number of para-hydroxylation sites is 1. The molecule has 2 heterocycles. The normalized spacial score (nSPS) is 12.3. The van der Waals surface area contributed by atoms with E-state index in [-0.39, 0.29) is 6.10 Å². The highest BCUT2D eigenvalue weighted by atomic mass is 16.5. The molecule has 2 aromatic carbocycles. The van der Waals surface area contributed by atoms with E-state index in [1.807, 2.05) is 42.5 Å². The van der Waals surface area contributed by atoms with Crippen molar-refractivity contribution in [3.05, 3.63) is 83.8 Å². The Labute approximate surface area is 151 Å². The Bertz CT molecular complexity index is 956. The van der Waals surface area contributed by atoms with Crippen molar-refractivity contribution >= 4 is 10.9 Å². The Balaban J connectivity index is 1.48. The number of rotatable bonds is 7. The summed E-state index contributed by atoms with van der Waals surface area (Å²) in [6.45, 7) is 0.457. The van der Waals surface area contributed by atoms with Crippen LogP contribution >= 0.6 is 0 Å². The van der Waals surface area contributed by atoms with Gasteiger partial charge in [0.15, 0.2) is 0 Å². The third-order valence-electron chi connectivity index (χ3n) is 4.29. The van der Waals surface area contributed by atoms with Crippen molar-refractivity contribution in [1.29, 1.82) is 0 Å². The summed E-state index contributed by atoms with van der Waals surface area (Å²) >= 11 is 0. The van der Waals surface area contributed by atoms with Crippen LogP contribution in [0.4, 0.5) is 0 Å². The maximum absolute atomic E-state index is 6.22. The molecule has 4 aromatic rings. The average molecular weight is 345 g/mol. The van der Waals surface area contributed by atoms with Gasteiger partial charge in [-0.3, -0.25) is 4.98 Å². The molecule has 0 aliphatic heterocycles. The van der Waals surface area contributed by atoms with Crippen molar-refractivity contribution in [3.63, 3.8) is 0 Å². The number of aromatic nitrogens is 5. The minimum absolute atomic E-state index is 0.0467. The van der Waals surface area contributed by atoms with E-state index in [1.54, 1.807) is 0 Å². The SMILES string of the molecule is c1ccc(C(CCc2nnn[nH]2)OCc2ccc3ccccc3n2)cc1. The standard InChI is InChI=1S/C20H19N5O/c1-2-7-16(8-3-1)19(12-13-20-22-24-25-23-20)26-14-17-11-10-15-6-4-5-9-18(15)21-17/h1-11,19H,12-14H2,(H,22,23,24,25). The summed E-state index contributed by atoms with van der Waals surface area (Å²) in [5.74, 6) is 0.762. The number of hydrogen-bond acceptors (Lipinski definition) is 5. The average Bonchev–Trinajstić information content (AvgIpc) is 3.22. The molecule has 0 fully saturated rings. The number of fused-ring (bicyclic) bond motifs is 1. The smallest absolute Gasteiger partial charge is 0.148 e. The maximum atomic E-state index is 6.22. The number of aromatic amines is 1. The van der Waals surface area contributed by atoms with Crippen LogP contribution in [0.25, 0.3) is 10.9 Å². The Hall–Kier alpha value is -3.12. The van der Waals surface area contributed by atoms with Gasteiger partial charge in [-0.05, 0) is 34.5 Å². The summed E-state index contributed by atoms with van der Waals surface area (Å²) < 4.78 is 6.22. The first-order valence-electron chi connectivity index (χ1n) is 8.62. The zero-order valence-electron chi connectivity index (χ0n) is 14.2. The van der Waals surface area contributed by atoms with Crippen LogP contribution in [0.1, 0.15) is 29.6 Å². The van der Waals surface area contributed by atoms with Gasteiger partial charge in [-0.15, -0.1) is 5.10 Å². The van der Waals surface area contributed by atoms with E-state index in [0.717, 1.165) is 40.8 Å². The minimum Gasteiger partial charge on any atom is -0.367 e. The summed E-state index contributed by atoms with van der Waals surface area (Å²) in [4.78, 5) is 4.69. The molecule has 0 spiro atoms. The van der Waals surface area contributed by atoms with Crippen LogP contribution in [-0.2, 0) is 17.8 Å². The molecule has 0 aliphatic carbocycles. The van der Waals surface area contributed by atoms with Gasteiger partial charge in [-0.2, -0.15) is 0 Å². The summed E-state index contributed by atoms with van der Waals surface area (Å²) in [6.07, 6.45) is 1.46. The number of nitrogens with one attached hydrogen (secondary N) is 1. The first-order valence-corrected chi connectivity index (χ1v) is 8.62. The quantitative estimate of drug-likeness (QED) is 0.553. The van der Waals surface area contributed by atoms with Crippen molar-refractivity contribution in [2.24, 2.45) is 0 Å². The number of benzene rings is 2. The predicted molar refractivity (Wildman–Crippen MR) is 98.2 cm³/mol. The van der Waals surface area contributed by atoms with Gasteiger partial charge in [0.25, 0.3) is 0 Å². The molecule has 4 rings (SSSR count). The van der Waals surface area contributed by atoms with Gasteiger partial charge >= 0.3 is 0 Å². The predicted octanol–water partition coefficient (Wildman–Crippen LogP) is 3.64. The summed E-state index contributed by atoms with van der Waals surface area (Å²) in [5, 5.41) is 15.1. The molecule has 0 saturated heterocycles. The Morgan fingerprint density at radius 1 is 0.923 bits per heavy atom. The second-order valence-electron chi connectivity index (χ2n) is 6.09. The Morgan fingerprint density at radius 3 is 2.62 bits per heavy atom. The Kier molecular flexibility index (Phi) is 4.93. The van der Waals surface area contributed by atoms with E-state index in [2.05, 4.69) is 49.9 Å². The van der Waals surface area contributed by atoms with Gasteiger partial charge in [0.1, 0.15) is 5.82 Å². The third-order valence-corrected chi connectivity index (χ3v) is 4.29. The summed E-state index contributed by atoms with van der Waals surface area (Å²) in [6, 6.07) is 22.4. The zero-order valence-corrected chi connectivity index (χ0v) is 14.2. The van der Waals surface area contributed by atoms with Crippen LogP contribution in [0.3, 0.4) is 0 Å². The lowest BCUT2D eigenvalue weighted by Gasteiger charge is -2.18. The molecule has 0 bridgehead atoms. The molecule has 0 aliphatic rings. The number of ether oxygens (including phenoxy) is 1. The van der Waals surface area contributed by atoms with Gasteiger partial charge in [0.05, 0.1) is 23.9 Å². The van der Waals surface area contributed by atoms with Gasteiger partial charge in [0, 0.05) is 11.8 Å². The van der Waals surface area contributed by atoms with E-state index in [0.29, 0.717) is 6.61 Å². The van der Waals surface area contributed by atoms with Crippen LogP contribution in [0.15, 0.2) is 66.7 Å². The number of pyridine rings is 1. The lowest BCUT2D eigenvalue weighted by atomic mass is 10.0. The Morgan fingerprint density at radius 2 is 1.77 bits per heavy atom. The number of H-pyrrole nitrogens is 1. The van der Waals surface area contributed by atoms with Gasteiger partial charge < -0.3 is 4.74 Å². The van der Waals surface area contributed by atoms with Crippen molar-refractivity contribution in [3.8, 4) is 0 Å².